The zero-order valence-corrected chi connectivity index (χ0v) is 14.3. The highest BCUT2D eigenvalue weighted by Gasteiger charge is 2.61. The van der Waals surface area contributed by atoms with Gasteiger partial charge >= 0.3 is 0 Å². The van der Waals surface area contributed by atoms with Gasteiger partial charge in [0.2, 0.25) is 0 Å². The molecule has 0 aromatic rings. The number of halogens is 2. The van der Waals surface area contributed by atoms with E-state index in [2.05, 4.69) is 6.92 Å². The normalized spacial score (nSPS) is 49.4. The van der Waals surface area contributed by atoms with Crippen molar-refractivity contribution < 1.29 is 13.6 Å². The van der Waals surface area contributed by atoms with E-state index in [4.69, 9.17) is 0 Å². The average molecular weight is 322 g/mol. The molecule has 4 rings (SSSR count). The Hall–Kier alpha value is -0.730. The number of hydrogen-bond acceptors (Lipinski definition) is 1. The van der Waals surface area contributed by atoms with Crippen molar-refractivity contribution in [2.45, 2.75) is 71.6 Å². The summed E-state index contributed by atoms with van der Waals surface area (Å²) < 4.78 is 27.5. The molecule has 0 amide bonds. The quantitative estimate of drug-likeness (QED) is 0.555. The molecule has 128 valence electrons. The maximum absolute atomic E-state index is 13.8. The summed E-state index contributed by atoms with van der Waals surface area (Å²) in [4.78, 5) is 12.9. The molecular weight excluding hydrogens is 294 g/mol. The molecule has 4 fully saturated rings. The Kier molecular flexibility index (Phi) is 3.52. The lowest BCUT2D eigenvalue weighted by Gasteiger charge is -2.59. The van der Waals surface area contributed by atoms with E-state index in [9.17, 15) is 13.6 Å². The largest absolute Gasteiger partial charge is 0.299 e. The third-order valence-electron chi connectivity index (χ3n) is 8.33. The summed E-state index contributed by atoms with van der Waals surface area (Å²) in [5.74, 6) is 1.25. The van der Waals surface area contributed by atoms with Crippen LogP contribution in [0.1, 0.15) is 71.6 Å². The number of fused-ring (bicyclic) bond motifs is 5. The first kappa shape index (κ1) is 15.8. The molecule has 0 aliphatic heterocycles. The van der Waals surface area contributed by atoms with Crippen LogP contribution in [-0.2, 0) is 4.79 Å². The number of hydrogen-bond donors (Lipinski definition) is 0. The minimum atomic E-state index is -1.49. The van der Waals surface area contributed by atoms with Gasteiger partial charge in [-0.2, -0.15) is 8.78 Å². The minimum absolute atomic E-state index is 0.194. The summed E-state index contributed by atoms with van der Waals surface area (Å²) in [6.07, 6.45) is 7.13. The van der Waals surface area contributed by atoms with Gasteiger partial charge < -0.3 is 0 Å². The number of carbonyl (C=O) groups excluding carboxylic acids is 1. The molecule has 4 aliphatic carbocycles. The molecule has 4 aliphatic rings. The lowest BCUT2D eigenvalue weighted by Crippen LogP contribution is -2.56. The molecule has 0 saturated heterocycles. The average Bonchev–Trinajstić information content (AvgIpc) is 2.89. The molecule has 0 aromatic heterocycles. The van der Waals surface area contributed by atoms with Crippen LogP contribution in [0.2, 0.25) is 0 Å². The Bertz CT molecular complexity index is 564. The van der Waals surface area contributed by atoms with Gasteiger partial charge in [-0.3, -0.25) is 4.79 Å². The van der Waals surface area contributed by atoms with Crippen molar-refractivity contribution >= 4 is 5.78 Å². The molecule has 1 unspecified atom stereocenters. The first-order valence-corrected chi connectivity index (χ1v) is 9.45. The Morgan fingerprint density at radius 1 is 1.04 bits per heavy atom. The summed E-state index contributed by atoms with van der Waals surface area (Å²) in [6, 6.07) is 0. The predicted molar refractivity (Wildman–Crippen MR) is 86.0 cm³/mol. The topological polar surface area (TPSA) is 17.1 Å². The van der Waals surface area contributed by atoms with E-state index in [1.54, 1.807) is 0 Å². The number of carbonyl (C=O) groups is 1. The molecular formula is C20H28F2O. The monoisotopic (exact) mass is 322 g/mol. The van der Waals surface area contributed by atoms with Gasteiger partial charge in [-0.05, 0) is 79.6 Å². The highest BCUT2D eigenvalue weighted by Crippen LogP contribution is 2.66. The van der Waals surface area contributed by atoms with E-state index in [0.717, 1.165) is 19.3 Å². The van der Waals surface area contributed by atoms with Gasteiger partial charge in [0, 0.05) is 11.8 Å². The number of allylic oxidation sites excluding steroid dienone is 1. The van der Waals surface area contributed by atoms with Crippen LogP contribution in [0.15, 0.2) is 11.7 Å². The second-order valence-corrected chi connectivity index (χ2v) is 9.10. The van der Waals surface area contributed by atoms with E-state index in [-0.39, 0.29) is 11.7 Å². The van der Waals surface area contributed by atoms with Crippen LogP contribution in [0.25, 0.3) is 0 Å². The molecule has 0 heterocycles. The fraction of sp³-hybridized carbons (Fsp3) is 0.850. The highest BCUT2D eigenvalue weighted by molar-refractivity contribution is 5.86. The fourth-order valence-corrected chi connectivity index (χ4v) is 7.15. The second kappa shape index (κ2) is 5.13. The van der Waals surface area contributed by atoms with Crippen molar-refractivity contribution in [1.29, 1.82) is 0 Å². The first-order chi connectivity index (χ1) is 10.9. The lowest BCUT2D eigenvalue weighted by atomic mass is 9.44. The van der Waals surface area contributed by atoms with Crippen molar-refractivity contribution in [3.05, 3.63) is 11.7 Å². The van der Waals surface area contributed by atoms with Crippen molar-refractivity contribution in [3.63, 3.8) is 0 Å². The number of Topliss-reactive ketones (excluding diaryl/α,β-unsaturated/α-hetero) is 1. The summed E-state index contributed by atoms with van der Waals surface area (Å²) in [6.45, 7) is 4.41. The van der Waals surface area contributed by atoms with Crippen molar-refractivity contribution in [2.75, 3.05) is 0 Å². The highest BCUT2D eigenvalue weighted by atomic mass is 19.3. The summed E-state index contributed by atoms with van der Waals surface area (Å²) in [5.41, 5.74) is 0.155. The molecule has 0 bridgehead atoms. The SMILES string of the molecule is C[C@@]12CCC[C@H]1[C@@H]1CC(=C(F)F)C3CCCC(=O)[C@]3(C)[C@@H]1CC2. The van der Waals surface area contributed by atoms with Gasteiger partial charge in [0.25, 0.3) is 6.08 Å². The van der Waals surface area contributed by atoms with Crippen LogP contribution < -0.4 is 0 Å². The molecule has 23 heavy (non-hydrogen) atoms. The second-order valence-electron chi connectivity index (χ2n) is 9.10. The van der Waals surface area contributed by atoms with Crippen LogP contribution in [0.4, 0.5) is 8.78 Å². The van der Waals surface area contributed by atoms with Crippen LogP contribution in [-0.4, -0.2) is 5.78 Å². The van der Waals surface area contributed by atoms with Crippen molar-refractivity contribution in [3.8, 4) is 0 Å². The van der Waals surface area contributed by atoms with Gasteiger partial charge in [-0.1, -0.05) is 20.3 Å². The van der Waals surface area contributed by atoms with E-state index >= 15 is 0 Å². The molecule has 0 aromatic carbocycles. The van der Waals surface area contributed by atoms with E-state index < -0.39 is 11.5 Å². The Balaban J connectivity index is 1.80. The maximum atomic E-state index is 13.8. The Morgan fingerprint density at radius 2 is 1.83 bits per heavy atom. The maximum Gasteiger partial charge on any atom is 0.269 e. The smallest absolute Gasteiger partial charge is 0.269 e. The Labute approximate surface area is 137 Å². The summed E-state index contributed by atoms with van der Waals surface area (Å²) in [5, 5.41) is 0. The predicted octanol–water partition coefficient (Wildman–Crippen LogP) is 5.75. The van der Waals surface area contributed by atoms with E-state index in [1.165, 1.54) is 25.7 Å². The molecule has 6 atom stereocenters. The molecule has 0 radical (unpaired) electrons. The zero-order valence-electron chi connectivity index (χ0n) is 14.3. The van der Waals surface area contributed by atoms with Crippen LogP contribution in [0.5, 0.6) is 0 Å². The summed E-state index contributed by atoms with van der Waals surface area (Å²) in [7, 11) is 0. The minimum Gasteiger partial charge on any atom is -0.299 e. The number of ketones is 1. The molecule has 0 spiro atoms. The lowest BCUT2D eigenvalue weighted by molar-refractivity contribution is -0.148. The molecule has 4 saturated carbocycles. The zero-order chi connectivity index (χ0) is 16.4. The third kappa shape index (κ3) is 2.04. The first-order valence-electron chi connectivity index (χ1n) is 9.45. The number of rotatable bonds is 0. The fourth-order valence-electron chi connectivity index (χ4n) is 7.15. The van der Waals surface area contributed by atoms with Gasteiger partial charge in [-0.25, -0.2) is 0 Å². The molecule has 3 heteroatoms. The van der Waals surface area contributed by atoms with Crippen molar-refractivity contribution in [1.82, 2.24) is 0 Å². The Morgan fingerprint density at radius 3 is 2.57 bits per heavy atom. The van der Waals surface area contributed by atoms with Gasteiger partial charge in [0.1, 0.15) is 5.78 Å². The van der Waals surface area contributed by atoms with Crippen LogP contribution >= 0.6 is 0 Å². The van der Waals surface area contributed by atoms with E-state index in [0.29, 0.717) is 41.6 Å². The molecule has 1 nitrogen and oxygen atoms in total. The van der Waals surface area contributed by atoms with Crippen molar-refractivity contribution in [2.24, 2.45) is 34.5 Å². The standard InChI is InChI=1S/C20H28F2O/c1-19-9-4-6-14(19)12-11-13(18(21)22)15-5-3-7-17(23)20(15,2)16(12)8-10-19/h12,14-16H,3-11H2,1-2H3/t12-,14-,15?,16+,19-,20-/m0/s1. The van der Waals surface area contributed by atoms with Crippen LogP contribution in [0.3, 0.4) is 0 Å². The molecule has 0 N–H and O–H groups in total. The van der Waals surface area contributed by atoms with E-state index in [1.807, 2.05) is 6.92 Å². The van der Waals surface area contributed by atoms with Gasteiger partial charge in [0.15, 0.2) is 0 Å². The van der Waals surface area contributed by atoms with Crippen LogP contribution in [0, 0.1) is 34.5 Å². The summed E-state index contributed by atoms with van der Waals surface area (Å²) >= 11 is 0. The van der Waals surface area contributed by atoms with Gasteiger partial charge in [0.05, 0.1) is 0 Å². The van der Waals surface area contributed by atoms with Gasteiger partial charge in [-0.15, -0.1) is 0 Å². The third-order valence-corrected chi connectivity index (χ3v) is 8.33.